The maximum absolute atomic E-state index is 13.2. The molecule has 122 valence electrons. The number of halogens is 5. The number of carbonyl (C=O) groups excluding carboxylic acids is 1. The van der Waals surface area contributed by atoms with Crippen LogP contribution < -0.4 is 10.6 Å². The minimum atomic E-state index is -4.87. The van der Waals surface area contributed by atoms with E-state index in [0.29, 0.717) is 17.8 Å². The molecule has 1 aromatic carbocycles. The first kappa shape index (κ1) is 16.9. The SMILES string of the molecule is Cc1cc(Cl)nc(NC(=O)Nc2ccc(F)c(C(F)(F)F)c2)n1. The molecule has 1 heterocycles. The quantitative estimate of drug-likeness (QED) is 0.630. The van der Waals surface area contributed by atoms with Crippen molar-refractivity contribution >= 4 is 29.3 Å². The second-order valence-corrected chi connectivity index (χ2v) is 4.81. The van der Waals surface area contributed by atoms with Crippen molar-refractivity contribution in [3.63, 3.8) is 0 Å². The number of aromatic nitrogens is 2. The van der Waals surface area contributed by atoms with Crippen molar-refractivity contribution in [2.24, 2.45) is 0 Å². The first-order valence-electron chi connectivity index (χ1n) is 6.11. The largest absolute Gasteiger partial charge is 0.419 e. The average molecular weight is 349 g/mol. The van der Waals surface area contributed by atoms with Gasteiger partial charge in [-0.15, -0.1) is 0 Å². The summed E-state index contributed by atoms with van der Waals surface area (Å²) in [7, 11) is 0. The minimum Gasteiger partial charge on any atom is -0.308 e. The molecule has 0 saturated heterocycles. The lowest BCUT2D eigenvalue weighted by atomic mass is 10.2. The van der Waals surface area contributed by atoms with E-state index in [1.54, 1.807) is 6.92 Å². The van der Waals surface area contributed by atoms with E-state index in [0.717, 1.165) is 6.07 Å². The number of aryl methyl sites for hydroxylation is 1. The normalized spacial score (nSPS) is 11.2. The number of carbonyl (C=O) groups is 1. The lowest BCUT2D eigenvalue weighted by Gasteiger charge is -2.11. The van der Waals surface area contributed by atoms with Gasteiger partial charge in [0.05, 0.1) is 5.56 Å². The first-order chi connectivity index (χ1) is 10.6. The van der Waals surface area contributed by atoms with Crippen molar-refractivity contribution < 1.29 is 22.4 Å². The summed E-state index contributed by atoms with van der Waals surface area (Å²) in [5.74, 6) is -1.55. The van der Waals surface area contributed by atoms with E-state index >= 15 is 0 Å². The summed E-state index contributed by atoms with van der Waals surface area (Å²) >= 11 is 5.69. The highest BCUT2D eigenvalue weighted by Gasteiger charge is 2.34. The maximum atomic E-state index is 13.2. The van der Waals surface area contributed by atoms with Crippen molar-refractivity contribution in [3.8, 4) is 0 Å². The number of hydrogen-bond donors (Lipinski definition) is 2. The zero-order valence-electron chi connectivity index (χ0n) is 11.5. The van der Waals surface area contributed by atoms with Crippen LogP contribution in [0, 0.1) is 12.7 Å². The van der Waals surface area contributed by atoms with Crippen molar-refractivity contribution in [2.45, 2.75) is 13.1 Å². The van der Waals surface area contributed by atoms with Gasteiger partial charge in [0.1, 0.15) is 11.0 Å². The molecule has 0 aliphatic rings. The summed E-state index contributed by atoms with van der Waals surface area (Å²) in [6.45, 7) is 1.62. The van der Waals surface area contributed by atoms with Gasteiger partial charge in [-0.25, -0.2) is 19.2 Å². The fourth-order valence-electron chi connectivity index (χ4n) is 1.67. The van der Waals surface area contributed by atoms with Crippen molar-refractivity contribution in [3.05, 3.63) is 46.5 Å². The van der Waals surface area contributed by atoms with Gasteiger partial charge < -0.3 is 5.32 Å². The Morgan fingerprint density at radius 3 is 2.48 bits per heavy atom. The number of anilines is 2. The highest BCUT2D eigenvalue weighted by molar-refractivity contribution is 6.29. The Morgan fingerprint density at radius 1 is 1.17 bits per heavy atom. The summed E-state index contributed by atoms with van der Waals surface area (Å²) in [4.78, 5) is 19.3. The minimum absolute atomic E-state index is 0.0916. The number of rotatable bonds is 2. The lowest BCUT2D eigenvalue weighted by Crippen LogP contribution is -2.21. The van der Waals surface area contributed by atoms with Crippen molar-refractivity contribution in [1.29, 1.82) is 0 Å². The second kappa shape index (κ2) is 6.37. The van der Waals surface area contributed by atoms with Gasteiger partial charge in [0.25, 0.3) is 0 Å². The van der Waals surface area contributed by atoms with Crippen LogP contribution in [0.2, 0.25) is 5.15 Å². The maximum Gasteiger partial charge on any atom is 0.419 e. The van der Waals surface area contributed by atoms with Gasteiger partial charge in [-0.1, -0.05) is 11.6 Å². The van der Waals surface area contributed by atoms with E-state index in [2.05, 4.69) is 20.6 Å². The molecule has 0 aliphatic heterocycles. The molecule has 2 amide bonds. The number of alkyl halides is 3. The van der Waals surface area contributed by atoms with Crippen molar-refractivity contribution in [1.82, 2.24) is 9.97 Å². The Morgan fingerprint density at radius 2 is 1.87 bits per heavy atom. The van der Waals surface area contributed by atoms with E-state index in [1.165, 1.54) is 6.07 Å². The molecule has 0 radical (unpaired) electrons. The molecule has 23 heavy (non-hydrogen) atoms. The number of urea groups is 1. The molecule has 2 N–H and O–H groups in total. The van der Waals surface area contributed by atoms with Gasteiger partial charge in [0.2, 0.25) is 5.95 Å². The molecule has 0 bridgehead atoms. The van der Waals surface area contributed by atoms with Crippen LogP contribution in [0.1, 0.15) is 11.3 Å². The zero-order valence-corrected chi connectivity index (χ0v) is 12.3. The van der Waals surface area contributed by atoms with Gasteiger partial charge >= 0.3 is 12.2 Å². The molecule has 2 rings (SSSR count). The first-order valence-corrected chi connectivity index (χ1v) is 6.49. The molecule has 0 fully saturated rings. The molecule has 0 unspecified atom stereocenters. The van der Waals surface area contributed by atoms with E-state index < -0.39 is 23.6 Å². The molecule has 2 aromatic rings. The third kappa shape index (κ3) is 4.52. The predicted octanol–water partition coefficient (Wildman–Crippen LogP) is 4.24. The highest BCUT2D eigenvalue weighted by Crippen LogP contribution is 2.33. The molecule has 0 spiro atoms. The Kier molecular flexibility index (Phi) is 4.69. The molecule has 0 saturated carbocycles. The van der Waals surface area contributed by atoms with E-state index in [4.69, 9.17) is 11.6 Å². The Balaban J connectivity index is 2.14. The average Bonchev–Trinajstić information content (AvgIpc) is 2.38. The molecular weight excluding hydrogens is 340 g/mol. The summed E-state index contributed by atoms with van der Waals surface area (Å²) in [6, 6.07) is 2.65. The second-order valence-electron chi connectivity index (χ2n) is 4.43. The zero-order chi connectivity index (χ0) is 17.2. The lowest BCUT2D eigenvalue weighted by molar-refractivity contribution is -0.139. The molecule has 10 heteroatoms. The van der Waals surface area contributed by atoms with Crippen LogP contribution in [-0.4, -0.2) is 16.0 Å². The molecule has 0 atom stereocenters. The number of hydrogen-bond acceptors (Lipinski definition) is 3. The summed E-state index contributed by atoms with van der Waals surface area (Å²) in [5.41, 5.74) is -1.23. The van der Waals surface area contributed by atoms with Gasteiger partial charge in [-0.2, -0.15) is 13.2 Å². The van der Waals surface area contributed by atoms with E-state index in [9.17, 15) is 22.4 Å². The Hall–Kier alpha value is -2.42. The number of nitrogens with zero attached hydrogens (tertiary/aromatic N) is 2. The third-order valence-corrected chi connectivity index (χ3v) is 2.77. The van der Waals surface area contributed by atoms with Gasteiger partial charge in [0, 0.05) is 11.4 Å². The number of nitrogens with one attached hydrogen (secondary N) is 2. The van der Waals surface area contributed by atoms with Gasteiger partial charge in [-0.3, -0.25) is 5.32 Å². The molecule has 1 aromatic heterocycles. The van der Waals surface area contributed by atoms with Gasteiger partial charge in [0.15, 0.2) is 0 Å². The van der Waals surface area contributed by atoms with Crippen LogP contribution >= 0.6 is 11.6 Å². The van der Waals surface area contributed by atoms with Crippen LogP contribution in [0.3, 0.4) is 0 Å². The molecule has 0 aliphatic carbocycles. The molecule has 5 nitrogen and oxygen atoms in total. The monoisotopic (exact) mass is 348 g/mol. The topological polar surface area (TPSA) is 66.9 Å². The standard InChI is InChI=1S/C13H9ClF4N4O/c1-6-4-10(14)21-11(19-6)22-12(23)20-7-2-3-9(15)8(5-7)13(16,17)18/h2-5H,1H3,(H2,19,20,21,22,23). The van der Waals surface area contributed by atoms with Crippen LogP contribution in [0.5, 0.6) is 0 Å². The number of benzene rings is 1. The van der Waals surface area contributed by atoms with Crippen molar-refractivity contribution in [2.75, 3.05) is 10.6 Å². The summed E-state index contributed by atoms with van der Waals surface area (Å²) in [5, 5.41) is 4.43. The van der Waals surface area contributed by atoms with Crippen LogP contribution in [-0.2, 0) is 6.18 Å². The fourth-order valence-corrected chi connectivity index (χ4v) is 1.91. The predicted molar refractivity (Wildman–Crippen MR) is 75.8 cm³/mol. The summed E-state index contributed by atoms with van der Waals surface area (Å²) in [6.07, 6.45) is -4.87. The smallest absolute Gasteiger partial charge is 0.308 e. The van der Waals surface area contributed by atoms with Crippen LogP contribution in [0.25, 0.3) is 0 Å². The Labute approximate surface area is 132 Å². The molecular formula is C13H9ClF4N4O. The third-order valence-electron chi connectivity index (χ3n) is 2.58. The van der Waals surface area contributed by atoms with E-state index in [-0.39, 0.29) is 16.8 Å². The highest BCUT2D eigenvalue weighted by atomic mass is 35.5. The van der Waals surface area contributed by atoms with Crippen LogP contribution in [0.15, 0.2) is 24.3 Å². The summed E-state index contributed by atoms with van der Waals surface area (Å²) < 4.78 is 51.0. The van der Waals surface area contributed by atoms with Gasteiger partial charge in [-0.05, 0) is 31.2 Å². The number of amides is 2. The van der Waals surface area contributed by atoms with Crippen LogP contribution in [0.4, 0.5) is 34.0 Å². The fraction of sp³-hybridized carbons (Fsp3) is 0.154. The Bertz CT molecular complexity index is 731. The van der Waals surface area contributed by atoms with E-state index in [1.807, 2.05) is 0 Å².